The van der Waals surface area contributed by atoms with Crippen molar-refractivity contribution >= 4 is 21.4 Å². The fourth-order valence-electron chi connectivity index (χ4n) is 3.23. The van der Waals surface area contributed by atoms with Gasteiger partial charge in [0.15, 0.2) is 0 Å². The number of primary sulfonamides is 1. The van der Waals surface area contributed by atoms with E-state index < -0.39 is 14.9 Å². The van der Waals surface area contributed by atoms with E-state index in [9.17, 15) is 18.5 Å². The summed E-state index contributed by atoms with van der Waals surface area (Å²) in [4.78, 5) is 10.1. The summed E-state index contributed by atoms with van der Waals surface area (Å²) in [5.41, 5.74) is 2.83. The standard InChI is InChI=1S/C17H19N3O4S/c18-25(23,24)17-10-15(9-16(11-17)20(21)22)19-6-5-12-7-13-3-1-2-4-14(13)8-12/h1-4,9-12,19H,5-8H2,(H2,18,23,24). The third-order valence-electron chi connectivity index (χ3n) is 4.45. The van der Waals surface area contributed by atoms with E-state index in [1.165, 1.54) is 23.3 Å². The van der Waals surface area contributed by atoms with Crippen molar-refractivity contribution < 1.29 is 13.3 Å². The molecular weight excluding hydrogens is 342 g/mol. The average Bonchev–Trinajstić information content (AvgIpc) is 2.96. The van der Waals surface area contributed by atoms with Crippen molar-refractivity contribution in [2.45, 2.75) is 24.2 Å². The predicted octanol–water partition coefficient (Wildman–Crippen LogP) is 2.46. The summed E-state index contributed by atoms with van der Waals surface area (Å²) in [6.07, 6.45) is 2.94. The number of hydrogen-bond donors (Lipinski definition) is 2. The molecule has 3 N–H and O–H groups in total. The molecule has 0 fully saturated rings. The van der Waals surface area contributed by atoms with E-state index in [4.69, 9.17) is 5.14 Å². The van der Waals surface area contributed by atoms with Crippen molar-refractivity contribution in [3.63, 3.8) is 0 Å². The molecule has 0 bridgehead atoms. The fraction of sp³-hybridized carbons (Fsp3) is 0.294. The van der Waals surface area contributed by atoms with Crippen LogP contribution in [0.4, 0.5) is 11.4 Å². The Balaban J connectivity index is 1.65. The molecule has 0 radical (unpaired) electrons. The van der Waals surface area contributed by atoms with Crippen molar-refractivity contribution in [1.82, 2.24) is 0 Å². The molecule has 0 saturated carbocycles. The second-order valence-corrected chi connectivity index (χ2v) is 7.84. The molecule has 0 aliphatic heterocycles. The van der Waals surface area contributed by atoms with Gasteiger partial charge in [0.2, 0.25) is 10.0 Å². The molecule has 8 heteroatoms. The average molecular weight is 361 g/mol. The second-order valence-electron chi connectivity index (χ2n) is 6.28. The molecule has 132 valence electrons. The first-order chi connectivity index (χ1) is 11.8. The molecule has 2 aromatic rings. The van der Waals surface area contributed by atoms with Gasteiger partial charge in [0.25, 0.3) is 5.69 Å². The largest absolute Gasteiger partial charge is 0.385 e. The van der Waals surface area contributed by atoms with Crippen LogP contribution in [0.15, 0.2) is 47.4 Å². The van der Waals surface area contributed by atoms with Crippen LogP contribution in [-0.4, -0.2) is 19.9 Å². The molecule has 0 amide bonds. The lowest BCUT2D eigenvalue weighted by atomic mass is 10.0. The Labute approximate surface area is 146 Å². The van der Waals surface area contributed by atoms with E-state index in [0.29, 0.717) is 18.2 Å². The van der Waals surface area contributed by atoms with E-state index in [1.807, 2.05) is 12.1 Å². The number of non-ortho nitro benzene ring substituents is 1. The third-order valence-corrected chi connectivity index (χ3v) is 5.34. The number of nitrogens with one attached hydrogen (secondary N) is 1. The quantitative estimate of drug-likeness (QED) is 0.606. The molecule has 3 rings (SSSR count). The minimum atomic E-state index is -4.00. The number of sulfonamides is 1. The zero-order valence-electron chi connectivity index (χ0n) is 13.5. The first-order valence-corrected chi connectivity index (χ1v) is 9.50. The van der Waals surface area contributed by atoms with E-state index >= 15 is 0 Å². The van der Waals surface area contributed by atoms with Crippen LogP contribution < -0.4 is 10.5 Å². The highest BCUT2D eigenvalue weighted by Gasteiger charge is 2.21. The Morgan fingerprint density at radius 2 is 1.80 bits per heavy atom. The molecule has 2 aromatic carbocycles. The molecule has 1 aliphatic rings. The molecule has 7 nitrogen and oxygen atoms in total. The minimum absolute atomic E-state index is 0.266. The van der Waals surface area contributed by atoms with Gasteiger partial charge < -0.3 is 5.32 Å². The van der Waals surface area contributed by atoms with E-state index in [2.05, 4.69) is 17.4 Å². The molecular formula is C17H19N3O4S. The van der Waals surface area contributed by atoms with Gasteiger partial charge in [-0.2, -0.15) is 0 Å². The van der Waals surface area contributed by atoms with Gasteiger partial charge in [-0.15, -0.1) is 0 Å². The number of nitro groups is 1. The molecule has 25 heavy (non-hydrogen) atoms. The number of hydrogen-bond acceptors (Lipinski definition) is 5. The maximum absolute atomic E-state index is 11.5. The highest BCUT2D eigenvalue weighted by atomic mass is 32.2. The fourth-order valence-corrected chi connectivity index (χ4v) is 3.81. The zero-order chi connectivity index (χ0) is 18.0. The molecule has 0 unspecified atom stereocenters. The van der Waals surface area contributed by atoms with Gasteiger partial charge in [-0.25, -0.2) is 13.6 Å². The number of benzene rings is 2. The molecule has 1 aliphatic carbocycles. The van der Waals surface area contributed by atoms with Crippen LogP contribution in [0.3, 0.4) is 0 Å². The van der Waals surface area contributed by atoms with Gasteiger partial charge in [0.1, 0.15) is 0 Å². The van der Waals surface area contributed by atoms with Gasteiger partial charge in [-0.05, 0) is 42.4 Å². The van der Waals surface area contributed by atoms with Crippen LogP contribution in [0.1, 0.15) is 17.5 Å². The molecule has 0 atom stereocenters. The normalized spacial score (nSPS) is 14.3. The van der Waals surface area contributed by atoms with Crippen LogP contribution >= 0.6 is 0 Å². The Bertz CT molecular complexity index is 887. The molecule has 0 aromatic heterocycles. The van der Waals surface area contributed by atoms with Gasteiger partial charge >= 0.3 is 0 Å². The highest BCUT2D eigenvalue weighted by Crippen LogP contribution is 2.29. The van der Waals surface area contributed by atoms with E-state index in [1.54, 1.807) is 0 Å². The Hall–Kier alpha value is -2.45. The number of nitrogens with two attached hydrogens (primary N) is 1. The summed E-state index contributed by atoms with van der Waals surface area (Å²) >= 11 is 0. The second kappa shape index (κ2) is 6.81. The monoisotopic (exact) mass is 361 g/mol. The minimum Gasteiger partial charge on any atom is -0.385 e. The van der Waals surface area contributed by atoms with Crippen molar-refractivity contribution in [2.75, 3.05) is 11.9 Å². The maximum atomic E-state index is 11.5. The lowest BCUT2D eigenvalue weighted by Crippen LogP contribution is -2.14. The number of anilines is 1. The van der Waals surface area contributed by atoms with Gasteiger partial charge in [0, 0.05) is 24.4 Å². The van der Waals surface area contributed by atoms with Crippen LogP contribution in [0, 0.1) is 16.0 Å². The molecule has 0 heterocycles. The van der Waals surface area contributed by atoms with Gasteiger partial charge in [0.05, 0.1) is 9.82 Å². The molecule has 0 spiro atoms. The SMILES string of the molecule is NS(=O)(=O)c1cc(NCCC2Cc3ccccc3C2)cc([N+](=O)[O-])c1. The predicted molar refractivity (Wildman–Crippen MR) is 94.9 cm³/mol. The summed E-state index contributed by atoms with van der Waals surface area (Å²) < 4.78 is 23.0. The summed E-state index contributed by atoms with van der Waals surface area (Å²) in [5, 5.41) is 19.2. The highest BCUT2D eigenvalue weighted by molar-refractivity contribution is 7.89. The van der Waals surface area contributed by atoms with Crippen LogP contribution in [0.2, 0.25) is 0 Å². The maximum Gasteiger partial charge on any atom is 0.272 e. The van der Waals surface area contributed by atoms with Crippen molar-refractivity contribution in [1.29, 1.82) is 0 Å². The van der Waals surface area contributed by atoms with Gasteiger partial charge in [-0.3, -0.25) is 10.1 Å². The first kappa shape index (κ1) is 17.4. The molecule has 0 saturated heterocycles. The van der Waals surface area contributed by atoms with Crippen LogP contribution in [0.5, 0.6) is 0 Å². The Morgan fingerprint density at radius 3 is 2.36 bits per heavy atom. The number of nitrogens with zero attached hydrogens (tertiary/aromatic N) is 1. The van der Waals surface area contributed by atoms with Crippen LogP contribution in [-0.2, 0) is 22.9 Å². The lowest BCUT2D eigenvalue weighted by Gasteiger charge is -2.11. The zero-order valence-corrected chi connectivity index (χ0v) is 14.3. The van der Waals surface area contributed by atoms with Gasteiger partial charge in [-0.1, -0.05) is 24.3 Å². The van der Waals surface area contributed by atoms with Crippen molar-refractivity contribution in [3.8, 4) is 0 Å². The topological polar surface area (TPSA) is 115 Å². The Morgan fingerprint density at radius 1 is 1.16 bits per heavy atom. The van der Waals surface area contributed by atoms with Crippen molar-refractivity contribution in [3.05, 3.63) is 63.7 Å². The number of fused-ring (bicyclic) bond motifs is 1. The first-order valence-electron chi connectivity index (χ1n) is 7.96. The summed E-state index contributed by atoms with van der Waals surface area (Å²) in [7, 11) is -4.00. The summed E-state index contributed by atoms with van der Waals surface area (Å²) in [6.45, 7) is 0.601. The number of nitro benzene ring substituents is 1. The smallest absolute Gasteiger partial charge is 0.272 e. The number of rotatable bonds is 6. The summed E-state index contributed by atoms with van der Waals surface area (Å²) in [5.74, 6) is 0.515. The summed E-state index contributed by atoms with van der Waals surface area (Å²) in [6, 6.07) is 12.0. The lowest BCUT2D eigenvalue weighted by molar-refractivity contribution is -0.385. The van der Waals surface area contributed by atoms with Crippen LogP contribution in [0.25, 0.3) is 0 Å². The Kier molecular flexibility index (Phi) is 4.73. The van der Waals surface area contributed by atoms with E-state index in [0.717, 1.165) is 25.3 Å². The third kappa shape index (κ3) is 4.15. The van der Waals surface area contributed by atoms with E-state index in [-0.39, 0.29) is 10.6 Å². The van der Waals surface area contributed by atoms with Crippen molar-refractivity contribution in [2.24, 2.45) is 11.1 Å².